The van der Waals surface area contributed by atoms with Gasteiger partial charge in [0.25, 0.3) is 5.91 Å². The van der Waals surface area contributed by atoms with E-state index in [1.807, 2.05) is 0 Å². The summed E-state index contributed by atoms with van der Waals surface area (Å²) in [5, 5.41) is 2.53. The largest absolute Gasteiger partial charge is 0.348 e. The summed E-state index contributed by atoms with van der Waals surface area (Å²) in [7, 11) is -3.66. The van der Waals surface area contributed by atoms with Gasteiger partial charge in [0, 0.05) is 31.3 Å². The molecule has 0 aliphatic carbocycles. The summed E-state index contributed by atoms with van der Waals surface area (Å²) in [6, 6.07) is 8.96. The van der Waals surface area contributed by atoms with Crippen LogP contribution in [0.5, 0.6) is 0 Å². The minimum atomic E-state index is -3.66. The van der Waals surface area contributed by atoms with Crippen LogP contribution in [0.1, 0.15) is 35.2 Å². The first-order valence-corrected chi connectivity index (χ1v) is 10.1. The van der Waals surface area contributed by atoms with Crippen molar-refractivity contribution < 1.29 is 22.0 Å². The zero-order chi connectivity index (χ0) is 19.4. The number of nitrogens with zero attached hydrogens (tertiary/aromatic N) is 1. The van der Waals surface area contributed by atoms with Gasteiger partial charge in [0.1, 0.15) is 11.6 Å². The molecule has 1 aliphatic rings. The SMILES string of the molecule is O=C(NCc1ccccc1S(=O)(=O)N1CCCCC1)c1cc(F)cc(F)c1. The van der Waals surface area contributed by atoms with E-state index in [-0.39, 0.29) is 17.0 Å². The van der Waals surface area contributed by atoms with E-state index in [2.05, 4.69) is 5.32 Å². The van der Waals surface area contributed by atoms with Crippen LogP contribution in [0.15, 0.2) is 47.4 Å². The molecule has 1 fully saturated rings. The molecule has 2 aromatic carbocycles. The predicted octanol–water partition coefficient (Wildman–Crippen LogP) is 3.07. The summed E-state index contributed by atoms with van der Waals surface area (Å²) in [6.45, 7) is 0.886. The Kier molecular flexibility index (Phi) is 5.86. The molecular weight excluding hydrogens is 374 g/mol. The molecule has 0 unspecified atom stereocenters. The highest BCUT2D eigenvalue weighted by atomic mass is 32.2. The van der Waals surface area contributed by atoms with Gasteiger partial charge < -0.3 is 5.32 Å². The Labute approximate surface area is 157 Å². The number of piperidine rings is 1. The van der Waals surface area contributed by atoms with Gasteiger partial charge in [-0.05, 0) is 36.6 Å². The topological polar surface area (TPSA) is 66.5 Å². The van der Waals surface area contributed by atoms with Crippen molar-refractivity contribution in [2.45, 2.75) is 30.7 Å². The average Bonchev–Trinajstić information content (AvgIpc) is 2.66. The second kappa shape index (κ2) is 8.14. The molecule has 1 heterocycles. The van der Waals surface area contributed by atoms with Crippen molar-refractivity contribution in [2.24, 2.45) is 0 Å². The van der Waals surface area contributed by atoms with Gasteiger partial charge in [-0.2, -0.15) is 4.31 Å². The first-order chi connectivity index (χ1) is 12.9. The highest BCUT2D eigenvalue weighted by molar-refractivity contribution is 7.89. The first kappa shape index (κ1) is 19.4. The van der Waals surface area contributed by atoms with Crippen LogP contribution in [0, 0.1) is 11.6 Å². The third-order valence-electron chi connectivity index (χ3n) is 4.47. The highest BCUT2D eigenvalue weighted by Gasteiger charge is 2.27. The van der Waals surface area contributed by atoms with Gasteiger partial charge in [-0.15, -0.1) is 0 Å². The lowest BCUT2D eigenvalue weighted by Crippen LogP contribution is -2.36. The molecule has 0 saturated carbocycles. The van der Waals surface area contributed by atoms with E-state index in [0.717, 1.165) is 31.4 Å². The molecular formula is C19H20F2N2O3S. The van der Waals surface area contributed by atoms with Gasteiger partial charge >= 0.3 is 0 Å². The Morgan fingerprint density at radius 2 is 1.63 bits per heavy atom. The molecule has 0 radical (unpaired) electrons. The molecule has 5 nitrogen and oxygen atoms in total. The predicted molar refractivity (Wildman–Crippen MR) is 96.6 cm³/mol. The van der Waals surface area contributed by atoms with E-state index >= 15 is 0 Å². The molecule has 1 N–H and O–H groups in total. The number of rotatable bonds is 5. The molecule has 8 heteroatoms. The molecule has 1 aliphatic heterocycles. The zero-order valence-corrected chi connectivity index (χ0v) is 15.4. The minimum Gasteiger partial charge on any atom is -0.348 e. The van der Waals surface area contributed by atoms with Crippen molar-refractivity contribution in [3.8, 4) is 0 Å². The first-order valence-electron chi connectivity index (χ1n) is 8.70. The number of hydrogen-bond acceptors (Lipinski definition) is 3. The van der Waals surface area contributed by atoms with E-state index in [4.69, 9.17) is 0 Å². The fourth-order valence-corrected chi connectivity index (χ4v) is 4.85. The van der Waals surface area contributed by atoms with Gasteiger partial charge in [-0.1, -0.05) is 24.6 Å². The lowest BCUT2D eigenvalue weighted by atomic mass is 10.2. The number of carbonyl (C=O) groups excluding carboxylic acids is 1. The molecule has 3 rings (SSSR count). The molecule has 0 bridgehead atoms. The van der Waals surface area contributed by atoms with Gasteiger partial charge in [-0.25, -0.2) is 17.2 Å². The lowest BCUT2D eigenvalue weighted by Gasteiger charge is -2.26. The van der Waals surface area contributed by atoms with Crippen molar-refractivity contribution in [3.63, 3.8) is 0 Å². The maximum atomic E-state index is 13.3. The molecule has 1 amide bonds. The Morgan fingerprint density at radius 3 is 2.30 bits per heavy atom. The molecule has 0 spiro atoms. The smallest absolute Gasteiger partial charge is 0.251 e. The summed E-state index contributed by atoms with van der Waals surface area (Å²) < 4.78 is 53.9. The third kappa shape index (κ3) is 4.51. The normalized spacial score (nSPS) is 15.5. The van der Waals surface area contributed by atoms with Crippen molar-refractivity contribution in [1.29, 1.82) is 0 Å². The van der Waals surface area contributed by atoms with Crippen LogP contribution in [-0.4, -0.2) is 31.7 Å². The molecule has 1 saturated heterocycles. The molecule has 27 heavy (non-hydrogen) atoms. The lowest BCUT2D eigenvalue weighted by molar-refractivity contribution is 0.0949. The van der Waals surface area contributed by atoms with Crippen molar-refractivity contribution in [1.82, 2.24) is 9.62 Å². The summed E-state index contributed by atoms with van der Waals surface area (Å²) in [6.07, 6.45) is 2.65. The van der Waals surface area contributed by atoms with E-state index in [0.29, 0.717) is 24.7 Å². The Morgan fingerprint density at radius 1 is 1.00 bits per heavy atom. The van der Waals surface area contributed by atoms with E-state index in [1.54, 1.807) is 18.2 Å². The van der Waals surface area contributed by atoms with Gasteiger partial charge in [-0.3, -0.25) is 4.79 Å². The molecule has 0 atom stereocenters. The summed E-state index contributed by atoms with van der Waals surface area (Å²) in [5.74, 6) is -2.39. The molecule has 2 aromatic rings. The van der Waals surface area contributed by atoms with Crippen molar-refractivity contribution in [2.75, 3.05) is 13.1 Å². The minimum absolute atomic E-state index is 0.0692. The number of carbonyl (C=O) groups is 1. The summed E-state index contributed by atoms with van der Waals surface area (Å²) in [4.78, 5) is 12.3. The van der Waals surface area contributed by atoms with Crippen LogP contribution < -0.4 is 5.32 Å². The van der Waals surface area contributed by atoms with Crippen LogP contribution in [0.4, 0.5) is 8.78 Å². The monoisotopic (exact) mass is 394 g/mol. The number of sulfonamides is 1. The van der Waals surface area contributed by atoms with E-state index in [9.17, 15) is 22.0 Å². The highest BCUT2D eigenvalue weighted by Crippen LogP contribution is 2.23. The van der Waals surface area contributed by atoms with E-state index in [1.165, 1.54) is 10.4 Å². The summed E-state index contributed by atoms with van der Waals surface area (Å²) in [5.41, 5.74) is 0.261. The number of amides is 1. The van der Waals surface area contributed by atoms with Crippen molar-refractivity contribution >= 4 is 15.9 Å². The number of nitrogens with one attached hydrogen (secondary N) is 1. The van der Waals surface area contributed by atoms with Gasteiger partial charge in [0.15, 0.2) is 0 Å². The number of benzene rings is 2. The quantitative estimate of drug-likeness (QED) is 0.848. The number of halogens is 2. The molecule has 144 valence electrons. The van der Waals surface area contributed by atoms with E-state index < -0.39 is 27.6 Å². The van der Waals surface area contributed by atoms with Gasteiger partial charge in [0.05, 0.1) is 4.90 Å². The average molecular weight is 394 g/mol. The van der Waals surface area contributed by atoms with Gasteiger partial charge in [0.2, 0.25) is 10.0 Å². The third-order valence-corrected chi connectivity index (χ3v) is 6.47. The van der Waals surface area contributed by atoms with Crippen LogP contribution in [0.2, 0.25) is 0 Å². The zero-order valence-electron chi connectivity index (χ0n) is 14.6. The van der Waals surface area contributed by atoms with Crippen LogP contribution >= 0.6 is 0 Å². The Hall–Kier alpha value is -2.32. The summed E-state index contributed by atoms with van der Waals surface area (Å²) >= 11 is 0. The molecule has 0 aromatic heterocycles. The maximum absolute atomic E-state index is 13.3. The fourth-order valence-electron chi connectivity index (χ4n) is 3.11. The standard InChI is InChI=1S/C19H20F2N2O3S/c20-16-10-15(11-17(21)12-16)19(24)22-13-14-6-2-3-7-18(14)27(25,26)23-8-4-1-5-9-23/h2-3,6-7,10-12H,1,4-5,8-9,13H2,(H,22,24). The Bertz CT molecular complexity index is 921. The van der Waals surface area contributed by atoms with Crippen LogP contribution in [0.25, 0.3) is 0 Å². The second-order valence-electron chi connectivity index (χ2n) is 6.41. The Balaban J connectivity index is 1.79. The second-order valence-corrected chi connectivity index (χ2v) is 8.32. The van der Waals surface area contributed by atoms with Crippen molar-refractivity contribution in [3.05, 3.63) is 65.2 Å². The maximum Gasteiger partial charge on any atom is 0.251 e. The van der Waals surface area contributed by atoms with Crippen LogP contribution in [0.3, 0.4) is 0 Å². The fraction of sp³-hybridized carbons (Fsp3) is 0.316. The van der Waals surface area contributed by atoms with Crippen LogP contribution in [-0.2, 0) is 16.6 Å². The number of hydrogen-bond donors (Lipinski definition) is 1.